The maximum atomic E-state index is 12.9. The van der Waals surface area contributed by atoms with Gasteiger partial charge in [-0.3, -0.25) is 0 Å². The van der Waals surface area contributed by atoms with Crippen molar-refractivity contribution in [1.29, 1.82) is 0 Å². The van der Waals surface area contributed by atoms with Crippen LogP contribution in [0.5, 0.6) is 5.75 Å². The summed E-state index contributed by atoms with van der Waals surface area (Å²) >= 11 is 3.27. The molecule has 0 fully saturated rings. The van der Waals surface area contributed by atoms with Gasteiger partial charge < -0.3 is 10.5 Å². The lowest BCUT2D eigenvalue weighted by Crippen LogP contribution is -2.00. The zero-order chi connectivity index (χ0) is 13.7. The molecule has 2 rings (SSSR count). The number of benzene rings is 2. The van der Waals surface area contributed by atoms with Gasteiger partial charge in [0.05, 0.1) is 11.1 Å². The summed E-state index contributed by atoms with van der Waals surface area (Å²) in [4.78, 5) is 0. The quantitative estimate of drug-likeness (QED) is 0.661. The van der Waals surface area contributed by atoms with Crippen LogP contribution in [0.1, 0.15) is 12.0 Å². The van der Waals surface area contributed by atoms with Gasteiger partial charge in [-0.15, -0.1) is 0 Å². The lowest BCUT2D eigenvalue weighted by atomic mass is 10.1. The third-order valence-corrected chi connectivity index (χ3v) is 3.33. The highest BCUT2D eigenvalue weighted by Crippen LogP contribution is 2.25. The van der Waals surface area contributed by atoms with Gasteiger partial charge in [-0.2, -0.15) is 0 Å². The van der Waals surface area contributed by atoms with E-state index in [2.05, 4.69) is 15.9 Å². The highest BCUT2D eigenvalue weighted by Gasteiger charge is 2.02. The summed E-state index contributed by atoms with van der Waals surface area (Å²) in [7, 11) is 0. The van der Waals surface area contributed by atoms with E-state index >= 15 is 0 Å². The first kappa shape index (κ1) is 13.9. The van der Waals surface area contributed by atoms with E-state index in [0.29, 0.717) is 16.8 Å². The zero-order valence-corrected chi connectivity index (χ0v) is 12.0. The number of hydrogen-bond donors (Lipinski definition) is 1. The number of halogens is 2. The van der Waals surface area contributed by atoms with Crippen molar-refractivity contribution in [3.63, 3.8) is 0 Å². The lowest BCUT2D eigenvalue weighted by Gasteiger charge is -2.08. The molecule has 0 aliphatic heterocycles. The minimum absolute atomic E-state index is 0.279. The van der Waals surface area contributed by atoms with Gasteiger partial charge in [0, 0.05) is 5.69 Å². The molecule has 0 bridgehead atoms. The third kappa shape index (κ3) is 4.24. The second kappa shape index (κ2) is 6.57. The summed E-state index contributed by atoms with van der Waals surface area (Å²) in [5, 5.41) is 0. The van der Waals surface area contributed by atoms with E-state index in [-0.39, 0.29) is 5.82 Å². The van der Waals surface area contributed by atoms with Crippen LogP contribution in [0, 0.1) is 5.82 Å². The van der Waals surface area contributed by atoms with Crippen molar-refractivity contribution in [2.75, 3.05) is 12.3 Å². The molecule has 0 saturated heterocycles. The Hall–Kier alpha value is -1.55. The summed E-state index contributed by atoms with van der Waals surface area (Å²) in [6.45, 7) is 0.582. The Bertz CT molecular complexity index is 560. The third-order valence-electron chi connectivity index (χ3n) is 2.71. The Morgan fingerprint density at radius 2 is 2.00 bits per heavy atom. The second-order valence-electron chi connectivity index (χ2n) is 4.27. The fourth-order valence-corrected chi connectivity index (χ4v) is 2.26. The Kier molecular flexibility index (Phi) is 4.80. The number of aryl methyl sites for hydroxylation is 1. The number of nitrogens with two attached hydrogens (primary N) is 1. The first-order valence-corrected chi connectivity index (χ1v) is 6.87. The van der Waals surface area contributed by atoms with Gasteiger partial charge in [-0.1, -0.05) is 12.1 Å². The maximum Gasteiger partial charge on any atom is 0.133 e. The van der Waals surface area contributed by atoms with Crippen molar-refractivity contribution >= 4 is 21.6 Å². The summed E-state index contributed by atoms with van der Waals surface area (Å²) < 4.78 is 19.1. The van der Waals surface area contributed by atoms with Crippen molar-refractivity contribution in [1.82, 2.24) is 0 Å². The fourth-order valence-electron chi connectivity index (χ4n) is 1.80. The minimum atomic E-state index is -0.279. The molecule has 4 heteroatoms. The average Bonchev–Trinajstić information content (AvgIpc) is 2.37. The van der Waals surface area contributed by atoms with Crippen LogP contribution in [0.2, 0.25) is 0 Å². The molecule has 0 aliphatic rings. The molecule has 0 spiro atoms. The van der Waals surface area contributed by atoms with Crippen molar-refractivity contribution in [3.8, 4) is 5.75 Å². The first-order chi connectivity index (χ1) is 9.15. The SMILES string of the molecule is Nc1cccc(CCCOc2ccc(F)cc2Br)c1. The summed E-state index contributed by atoms with van der Waals surface area (Å²) in [5.74, 6) is 0.382. The highest BCUT2D eigenvalue weighted by atomic mass is 79.9. The molecule has 19 heavy (non-hydrogen) atoms. The van der Waals surface area contributed by atoms with E-state index in [1.165, 1.54) is 17.7 Å². The number of rotatable bonds is 5. The van der Waals surface area contributed by atoms with Crippen molar-refractivity contribution in [3.05, 3.63) is 58.3 Å². The van der Waals surface area contributed by atoms with E-state index in [9.17, 15) is 4.39 Å². The molecule has 2 aromatic carbocycles. The molecular weight excluding hydrogens is 309 g/mol. The van der Waals surface area contributed by atoms with Crippen LogP contribution in [0.15, 0.2) is 46.9 Å². The molecule has 2 nitrogen and oxygen atoms in total. The van der Waals surface area contributed by atoms with Crippen LogP contribution in [0.3, 0.4) is 0 Å². The van der Waals surface area contributed by atoms with Gasteiger partial charge >= 0.3 is 0 Å². The van der Waals surface area contributed by atoms with E-state index in [0.717, 1.165) is 18.5 Å². The van der Waals surface area contributed by atoms with Crippen LogP contribution in [-0.4, -0.2) is 6.61 Å². The Labute approximate surface area is 120 Å². The van der Waals surface area contributed by atoms with Gasteiger partial charge in [-0.25, -0.2) is 4.39 Å². The smallest absolute Gasteiger partial charge is 0.133 e. The molecule has 0 amide bonds. The summed E-state index contributed by atoms with van der Waals surface area (Å²) in [5.41, 5.74) is 7.69. The zero-order valence-electron chi connectivity index (χ0n) is 10.4. The van der Waals surface area contributed by atoms with E-state index < -0.39 is 0 Å². The highest BCUT2D eigenvalue weighted by molar-refractivity contribution is 9.10. The predicted octanol–water partition coefficient (Wildman–Crippen LogP) is 4.18. The summed E-state index contributed by atoms with van der Waals surface area (Å²) in [6, 6.07) is 12.2. The monoisotopic (exact) mass is 323 g/mol. The standard InChI is InChI=1S/C15H15BrFNO/c16-14-10-12(17)6-7-15(14)19-8-2-4-11-3-1-5-13(18)9-11/h1,3,5-7,9-10H,2,4,8,18H2. The number of nitrogen functional groups attached to an aromatic ring is 1. The number of hydrogen-bond acceptors (Lipinski definition) is 2. The lowest BCUT2D eigenvalue weighted by molar-refractivity contribution is 0.308. The molecule has 0 heterocycles. The van der Waals surface area contributed by atoms with Gasteiger partial charge in [0.15, 0.2) is 0 Å². The molecule has 0 unspecified atom stereocenters. The predicted molar refractivity (Wildman–Crippen MR) is 78.8 cm³/mol. The first-order valence-electron chi connectivity index (χ1n) is 6.07. The fraction of sp³-hybridized carbons (Fsp3) is 0.200. The Morgan fingerprint density at radius 3 is 2.74 bits per heavy atom. The van der Waals surface area contributed by atoms with Crippen LogP contribution < -0.4 is 10.5 Å². The number of anilines is 1. The minimum Gasteiger partial charge on any atom is -0.492 e. The van der Waals surface area contributed by atoms with Crippen LogP contribution in [0.25, 0.3) is 0 Å². The molecule has 100 valence electrons. The maximum absolute atomic E-state index is 12.9. The topological polar surface area (TPSA) is 35.2 Å². The van der Waals surface area contributed by atoms with E-state index in [1.807, 2.05) is 24.3 Å². The Balaban J connectivity index is 1.81. The molecule has 0 aliphatic carbocycles. The normalized spacial score (nSPS) is 10.4. The molecule has 0 saturated carbocycles. The molecule has 0 atom stereocenters. The van der Waals surface area contributed by atoms with Crippen molar-refractivity contribution in [2.45, 2.75) is 12.8 Å². The number of ether oxygens (including phenoxy) is 1. The second-order valence-corrected chi connectivity index (χ2v) is 5.13. The van der Waals surface area contributed by atoms with Gasteiger partial charge in [-0.05, 0) is 64.7 Å². The van der Waals surface area contributed by atoms with Crippen LogP contribution >= 0.6 is 15.9 Å². The van der Waals surface area contributed by atoms with Gasteiger partial charge in [0.2, 0.25) is 0 Å². The average molecular weight is 324 g/mol. The van der Waals surface area contributed by atoms with Crippen LogP contribution in [0.4, 0.5) is 10.1 Å². The Morgan fingerprint density at radius 1 is 1.16 bits per heavy atom. The molecular formula is C15H15BrFNO. The van der Waals surface area contributed by atoms with Crippen molar-refractivity contribution in [2.24, 2.45) is 0 Å². The molecule has 0 aromatic heterocycles. The largest absolute Gasteiger partial charge is 0.492 e. The summed E-state index contributed by atoms with van der Waals surface area (Å²) in [6.07, 6.45) is 1.79. The molecule has 2 aromatic rings. The van der Waals surface area contributed by atoms with E-state index in [1.54, 1.807) is 6.07 Å². The molecule has 0 radical (unpaired) electrons. The van der Waals surface area contributed by atoms with Crippen LogP contribution in [-0.2, 0) is 6.42 Å². The van der Waals surface area contributed by atoms with Gasteiger partial charge in [0.1, 0.15) is 11.6 Å². The van der Waals surface area contributed by atoms with Crippen molar-refractivity contribution < 1.29 is 9.13 Å². The van der Waals surface area contributed by atoms with Gasteiger partial charge in [0.25, 0.3) is 0 Å². The molecule has 2 N–H and O–H groups in total. The van der Waals surface area contributed by atoms with E-state index in [4.69, 9.17) is 10.5 Å².